The van der Waals surface area contributed by atoms with Crippen molar-refractivity contribution in [3.05, 3.63) is 38.3 Å². The summed E-state index contributed by atoms with van der Waals surface area (Å²) in [5.74, 6) is 1.04. The topological polar surface area (TPSA) is 51.0 Å². The molecule has 0 aromatic carbocycles. The third kappa shape index (κ3) is 2.88. The lowest BCUT2D eigenvalue weighted by atomic mass is 9.98. The molecule has 1 aliphatic heterocycles. The van der Waals surface area contributed by atoms with Crippen molar-refractivity contribution in [2.75, 3.05) is 18.0 Å². The number of thiazole rings is 1. The maximum Gasteiger partial charge on any atom is 0.293 e. The van der Waals surface area contributed by atoms with Crippen LogP contribution in [0.1, 0.15) is 54.1 Å². The Hall–Kier alpha value is -1.69. The van der Waals surface area contributed by atoms with Gasteiger partial charge in [0.1, 0.15) is 0 Å². The van der Waals surface area contributed by atoms with E-state index in [9.17, 15) is 4.79 Å². The van der Waals surface area contributed by atoms with E-state index in [1.807, 2.05) is 18.3 Å². The Morgan fingerprint density at radius 3 is 3.00 bits per heavy atom. The Kier molecular flexibility index (Phi) is 4.39. The largest absolute Gasteiger partial charge is 0.351 e. The Balaban J connectivity index is 1.58. The number of hydrogen-bond acceptors (Lipinski definition) is 5. The summed E-state index contributed by atoms with van der Waals surface area (Å²) in [5, 5.41) is 1.28. The second kappa shape index (κ2) is 6.67. The molecule has 3 heterocycles. The molecule has 0 radical (unpaired) electrons. The van der Waals surface area contributed by atoms with Gasteiger partial charge in [0, 0.05) is 42.8 Å². The van der Waals surface area contributed by atoms with Gasteiger partial charge in [-0.05, 0) is 45.4 Å². The van der Waals surface area contributed by atoms with Crippen molar-refractivity contribution in [2.45, 2.75) is 57.9 Å². The first-order chi connectivity index (χ1) is 11.8. The molecule has 2 aromatic rings. The molecule has 5 nitrogen and oxygen atoms in total. The van der Waals surface area contributed by atoms with Gasteiger partial charge in [0.05, 0.1) is 10.7 Å². The fourth-order valence-electron chi connectivity index (χ4n) is 3.82. The highest BCUT2D eigenvalue weighted by molar-refractivity contribution is 7.11. The van der Waals surface area contributed by atoms with E-state index in [0.717, 1.165) is 32.4 Å². The van der Waals surface area contributed by atoms with Crippen LogP contribution < -0.4 is 10.5 Å². The molecular weight excluding hydrogens is 320 g/mol. The molecule has 2 aliphatic rings. The molecule has 1 fully saturated rings. The molecule has 0 unspecified atom stereocenters. The molecule has 128 valence electrons. The number of nitrogens with zero attached hydrogens (tertiary/aromatic N) is 4. The highest BCUT2D eigenvalue weighted by Crippen LogP contribution is 2.35. The maximum atomic E-state index is 12.5. The molecule has 6 heteroatoms. The average molecular weight is 344 g/mol. The summed E-state index contributed by atoms with van der Waals surface area (Å²) in [6, 6.07) is 0. The van der Waals surface area contributed by atoms with Crippen molar-refractivity contribution < 1.29 is 0 Å². The number of aryl methyl sites for hydroxylation is 3. The van der Waals surface area contributed by atoms with Crippen LogP contribution in [0.4, 0.5) is 5.82 Å². The number of fused-ring (bicyclic) bond motifs is 1. The second-order valence-corrected chi connectivity index (χ2v) is 7.87. The van der Waals surface area contributed by atoms with Gasteiger partial charge >= 0.3 is 0 Å². The van der Waals surface area contributed by atoms with Crippen molar-refractivity contribution in [3.8, 4) is 0 Å². The van der Waals surface area contributed by atoms with Crippen LogP contribution >= 0.6 is 11.3 Å². The van der Waals surface area contributed by atoms with Crippen molar-refractivity contribution in [1.29, 1.82) is 0 Å². The minimum atomic E-state index is 0.0269. The van der Waals surface area contributed by atoms with Crippen molar-refractivity contribution in [1.82, 2.24) is 14.5 Å². The zero-order valence-electron chi connectivity index (χ0n) is 14.2. The zero-order valence-corrected chi connectivity index (χ0v) is 15.0. The summed E-state index contributed by atoms with van der Waals surface area (Å²) in [7, 11) is 0. The van der Waals surface area contributed by atoms with E-state index in [-0.39, 0.29) is 5.56 Å². The Bertz CT molecular complexity index is 758. The van der Waals surface area contributed by atoms with Crippen LogP contribution in [-0.4, -0.2) is 27.6 Å². The monoisotopic (exact) mass is 344 g/mol. The van der Waals surface area contributed by atoms with Crippen LogP contribution in [0.2, 0.25) is 0 Å². The number of hydrogen-bond donors (Lipinski definition) is 0. The van der Waals surface area contributed by atoms with Crippen LogP contribution in [0.25, 0.3) is 0 Å². The van der Waals surface area contributed by atoms with E-state index in [1.54, 1.807) is 17.0 Å². The molecule has 1 saturated heterocycles. The van der Waals surface area contributed by atoms with Gasteiger partial charge in [-0.15, -0.1) is 11.3 Å². The normalized spacial score (nSPS) is 20.9. The summed E-state index contributed by atoms with van der Waals surface area (Å²) in [6.45, 7) is 4.45. The Morgan fingerprint density at radius 1 is 1.29 bits per heavy atom. The van der Waals surface area contributed by atoms with Crippen LogP contribution in [0.15, 0.2) is 17.2 Å². The van der Waals surface area contributed by atoms with Gasteiger partial charge < -0.3 is 9.47 Å². The summed E-state index contributed by atoms with van der Waals surface area (Å²) in [4.78, 5) is 25.5. The van der Waals surface area contributed by atoms with E-state index in [0.29, 0.717) is 18.3 Å². The molecule has 0 N–H and O–H groups in total. The number of aromatic nitrogens is 3. The van der Waals surface area contributed by atoms with Crippen molar-refractivity contribution in [2.24, 2.45) is 0 Å². The number of anilines is 1. The van der Waals surface area contributed by atoms with Gasteiger partial charge in [-0.2, -0.15) is 0 Å². The van der Waals surface area contributed by atoms with E-state index < -0.39 is 0 Å². The highest BCUT2D eigenvalue weighted by Gasteiger charge is 2.27. The standard InChI is InChI=1S/C18H24N4OS/c1-2-21-11-9-19-16(18(21)23)22-10-5-6-13(12-22)17-20-14-7-3-4-8-15(14)24-17/h9,11,13H,2-8,10,12H2,1H3/t13-/m0/s1. The third-order valence-corrected chi connectivity index (χ3v) is 6.49. The van der Waals surface area contributed by atoms with Gasteiger partial charge in [-0.1, -0.05) is 0 Å². The number of rotatable bonds is 3. The summed E-state index contributed by atoms with van der Waals surface area (Å²) >= 11 is 1.91. The van der Waals surface area contributed by atoms with Gasteiger partial charge in [-0.25, -0.2) is 9.97 Å². The fraction of sp³-hybridized carbons (Fsp3) is 0.611. The highest BCUT2D eigenvalue weighted by atomic mass is 32.1. The van der Waals surface area contributed by atoms with E-state index >= 15 is 0 Å². The fourth-order valence-corrected chi connectivity index (χ4v) is 5.10. The SMILES string of the molecule is CCn1ccnc(N2CCC[C@H](c3nc4c(s3)CCCC4)C2)c1=O. The van der Waals surface area contributed by atoms with Gasteiger partial charge in [0.2, 0.25) is 0 Å². The van der Waals surface area contributed by atoms with E-state index in [4.69, 9.17) is 4.98 Å². The first-order valence-corrected chi connectivity index (χ1v) is 9.86. The Morgan fingerprint density at radius 2 is 2.17 bits per heavy atom. The zero-order chi connectivity index (χ0) is 16.5. The predicted octanol–water partition coefficient (Wildman–Crippen LogP) is 2.98. The van der Waals surface area contributed by atoms with Crippen LogP contribution in [0.3, 0.4) is 0 Å². The molecular formula is C18H24N4OS. The predicted molar refractivity (Wildman–Crippen MR) is 97.1 cm³/mol. The van der Waals surface area contributed by atoms with Crippen molar-refractivity contribution >= 4 is 17.2 Å². The first kappa shape index (κ1) is 15.8. The Labute approximate surface area is 146 Å². The van der Waals surface area contributed by atoms with Crippen LogP contribution in [-0.2, 0) is 19.4 Å². The molecule has 4 rings (SSSR count). The van der Waals surface area contributed by atoms with Gasteiger partial charge in [-0.3, -0.25) is 4.79 Å². The second-order valence-electron chi connectivity index (χ2n) is 6.76. The van der Waals surface area contributed by atoms with Gasteiger partial charge in [0.15, 0.2) is 5.82 Å². The molecule has 2 aromatic heterocycles. The lowest BCUT2D eigenvalue weighted by Crippen LogP contribution is -2.39. The molecule has 0 spiro atoms. The summed E-state index contributed by atoms with van der Waals surface area (Å²) in [5.41, 5.74) is 1.36. The maximum absolute atomic E-state index is 12.5. The summed E-state index contributed by atoms with van der Waals surface area (Å²) in [6.07, 6.45) is 10.7. The first-order valence-electron chi connectivity index (χ1n) is 9.05. The summed E-state index contributed by atoms with van der Waals surface area (Å²) < 4.78 is 1.73. The van der Waals surface area contributed by atoms with Crippen LogP contribution in [0, 0.1) is 0 Å². The minimum Gasteiger partial charge on any atom is -0.351 e. The molecule has 0 saturated carbocycles. The van der Waals surface area contributed by atoms with Crippen LogP contribution in [0.5, 0.6) is 0 Å². The average Bonchev–Trinajstić information content (AvgIpc) is 3.06. The molecule has 0 amide bonds. The third-order valence-electron chi connectivity index (χ3n) is 5.17. The van der Waals surface area contributed by atoms with Crippen molar-refractivity contribution in [3.63, 3.8) is 0 Å². The molecule has 24 heavy (non-hydrogen) atoms. The smallest absolute Gasteiger partial charge is 0.293 e. The molecule has 1 aliphatic carbocycles. The lowest BCUT2D eigenvalue weighted by Gasteiger charge is -2.32. The minimum absolute atomic E-state index is 0.0269. The molecule has 1 atom stereocenters. The molecule has 0 bridgehead atoms. The van der Waals surface area contributed by atoms with Gasteiger partial charge in [0.25, 0.3) is 5.56 Å². The van der Waals surface area contributed by atoms with E-state index in [1.165, 1.54) is 34.8 Å². The number of piperidine rings is 1. The quantitative estimate of drug-likeness (QED) is 0.859. The lowest BCUT2D eigenvalue weighted by molar-refractivity contribution is 0.501. The van der Waals surface area contributed by atoms with E-state index in [2.05, 4.69) is 9.88 Å².